The van der Waals surface area contributed by atoms with E-state index in [-0.39, 0.29) is 18.1 Å². The molecule has 2 aromatic carbocycles. The van der Waals surface area contributed by atoms with Crippen LogP contribution in [0.1, 0.15) is 31.2 Å². The summed E-state index contributed by atoms with van der Waals surface area (Å²) in [4.78, 5) is 18.1. The van der Waals surface area contributed by atoms with Crippen LogP contribution in [0.3, 0.4) is 0 Å². The van der Waals surface area contributed by atoms with E-state index < -0.39 is 0 Å². The van der Waals surface area contributed by atoms with Gasteiger partial charge >= 0.3 is 5.69 Å². The second-order valence-electron chi connectivity index (χ2n) is 9.84. The largest absolute Gasteiger partial charge is 0.492 e. The highest BCUT2D eigenvalue weighted by molar-refractivity contribution is 5.85. The molecule has 1 N–H and O–H groups in total. The first-order valence-electron chi connectivity index (χ1n) is 13.3. The highest BCUT2D eigenvalue weighted by Gasteiger charge is 2.26. The van der Waals surface area contributed by atoms with Crippen molar-refractivity contribution in [2.24, 2.45) is 0 Å². The Labute approximate surface area is 225 Å². The first kappa shape index (κ1) is 27.4. The molecule has 0 bridgehead atoms. The number of likely N-dealkylation sites (tertiary alicyclic amines) is 2. The number of nitrogens with one attached hydrogen (secondary N) is 1. The molecule has 2 saturated heterocycles. The third kappa shape index (κ3) is 7.45. The Kier molecular flexibility index (Phi) is 10.2. The van der Waals surface area contributed by atoms with E-state index in [1.165, 1.54) is 62.1 Å². The molecule has 0 amide bonds. The van der Waals surface area contributed by atoms with Gasteiger partial charge in [-0.25, -0.2) is 14.0 Å². The van der Waals surface area contributed by atoms with Crippen LogP contribution in [0.5, 0.6) is 5.75 Å². The maximum absolute atomic E-state index is 12.8. The second-order valence-corrected chi connectivity index (χ2v) is 9.84. The van der Waals surface area contributed by atoms with Crippen LogP contribution in [0.25, 0.3) is 5.69 Å². The van der Waals surface area contributed by atoms with Gasteiger partial charge in [-0.2, -0.15) is 5.10 Å². The molecule has 5 rings (SSSR count). The van der Waals surface area contributed by atoms with Crippen LogP contribution < -0.4 is 15.7 Å². The fraction of sp³-hybridized carbons (Fsp3) is 0.500. The summed E-state index contributed by atoms with van der Waals surface area (Å²) in [6.45, 7) is 8.36. The van der Waals surface area contributed by atoms with Crippen molar-refractivity contribution in [3.8, 4) is 11.4 Å². The fourth-order valence-corrected chi connectivity index (χ4v) is 5.30. The van der Waals surface area contributed by atoms with E-state index in [4.69, 9.17) is 4.74 Å². The number of para-hydroxylation sites is 1. The van der Waals surface area contributed by atoms with Crippen molar-refractivity contribution >= 4 is 12.4 Å². The topological polar surface area (TPSA) is 67.6 Å². The number of hydrogen-bond donors (Lipinski definition) is 1. The van der Waals surface area contributed by atoms with Crippen molar-refractivity contribution in [1.29, 1.82) is 0 Å². The summed E-state index contributed by atoms with van der Waals surface area (Å²) in [5.74, 6) is 0.863. The van der Waals surface area contributed by atoms with Crippen LogP contribution in [-0.2, 0) is 13.1 Å². The lowest BCUT2D eigenvalue weighted by Crippen LogP contribution is -2.43. The summed E-state index contributed by atoms with van der Waals surface area (Å²) in [5, 5.41) is 7.60. The van der Waals surface area contributed by atoms with Gasteiger partial charge in [-0.05, 0) is 81.7 Å². The van der Waals surface area contributed by atoms with Crippen LogP contribution in [0.4, 0.5) is 0 Å². The molecule has 200 valence electrons. The second kappa shape index (κ2) is 13.8. The van der Waals surface area contributed by atoms with Crippen molar-refractivity contribution in [2.45, 2.75) is 44.8 Å². The van der Waals surface area contributed by atoms with Crippen LogP contribution in [0.2, 0.25) is 0 Å². The van der Waals surface area contributed by atoms with Gasteiger partial charge in [-0.3, -0.25) is 4.90 Å². The molecule has 0 aliphatic carbocycles. The van der Waals surface area contributed by atoms with Crippen LogP contribution in [0, 0.1) is 0 Å². The Bertz CT molecular complexity index is 1120. The van der Waals surface area contributed by atoms with Crippen LogP contribution >= 0.6 is 12.4 Å². The minimum atomic E-state index is -0.117. The lowest BCUT2D eigenvalue weighted by molar-refractivity contribution is 0.122. The number of benzene rings is 2. The van der Waals surface area contributed by atoms with E-state index in [9.17, 15) is 4.79 Å². The molecule has 0 atom stereocenters. The van der Waals surface area contributed by atoms with E-state index in [1.54, 1.807) is 10.9 Å². The summed E-state index contributed by atoms with van der Waals surface area (Å²) in [5.41, 5.74) is 2.03. The highest BCUT2D eigenvalue weighted by Crippen LogP contribution is 2.22. The average molecular weight is 527 g/mol. The first-order valence-corrected chi connectivity index (χ1v) is 13.3. The van der Waals surface area contributed by atoms with Crippen LogP contribution in [0.15, 0.2) is 65.7 Å². The van der Waals surface area contributed by atoms with Crippen molar-refractivity contribution in [1.82, 2.24) is 29.5 Å². The van der Waals surface area contributed by atoms with E-state index in [1.807, 2.05) is 42.5 Å². The van der Waals surface area contributed by atoms with E-state index >= 15 is 0 Å². The quantitative estimate of drug-likeness (QED) is 0.387. The molecule has 2 fully saturated rings. The molecule has 1 aromatic heterocycles. The predicted molar refractivity (Wildman–Crippen MR) is 149 cm³/mol. The third-order valence-corrected chi connectivity index (χ3v) is 7.36. The number of ether oxygens (including phenoxy) is 1. The van der Waals surface area contributed by atoms with E-state index in [0.717, 1.165) is 24.0 Å². The lowest BCUT2D eigenvalue weighted by atomic mass is 10.0. The van der Waals surface area contributed by atoms with E-state index in [2.05, 4.69) is 32.3 Å². The number of rotatable bonds is 11. The Hall–Kier alpha value is -2.65. The highest BCUT2D eigenvalue weighted by atomic mass is 35.5. The normalized spacial score (nSPS) is 17.1. The Morgan fingerprint density at radius 3 is 2.38 bits per heavy atom. The predicted octanol–water partition coefficient (Wildman–Crippen LogP) is 3.18. The number of hydrogen-bond acceptors (Lipinski definition) is 6. The molecule has 3 aromatic rings. The average Bonchev–Trinajstić information content (AvgIpc) is 3.58. The van der Waals surface area contributed by atoms with Gasteiger partial charge in [0.05, 0.1) is 12.2 Å². The maximum Gasteiger partial charge on any atom is 0.350 e. The smallest absolute Gasteiger partial charge is 0.350 e. The van der Waals surface area contributed by atoms with Gasteiger partial charge in [-0.1, -0.05) is 30.3 Å². The molecular formula is C28H39ClN6O2. The Morgan fingerprint density at radius 1 is 0.919 bits per heavy atom. The summed E-state index contributed by atoms with van der Waals surface area (Å²) < 4.78 is 8.79. The van der Waals surface area contributed by atoms with Gasteiger partial charge in [0.15, 0.2) is 0 Å². The summed E-state index contributed by atoms with van der Waals surface area (Å²) in [7, 11) is 0. The van der Waals surface area contributed by atoms with Crippen molar-refractivity contribution < 1.29 is 4.74 Å². The zero-order valence-electron chi connectivity index (χ0n) is 21.5. The van der Waals surface area contributed by atoms with Gasteiger partial charge < -0.3 is 15.0 Å². The maximum atomic E-state index is 12.8. The Morgan fingerprint density at radius 2 is 1.65 bits per heavy atom. The molecule has 0 saturated carbocycles. The van der Waals surface area contributed by atoms with E-state index in [0.29, 0.717) is 26.2 Å². The van der Waals surface area contributed by atoms with Gasteiger partial charge in [0.25, 0.3) is 0 Å². The zero-order valence-corrected chi connectivity index (χ0v) is 22.3. The molecule has 37 heavy (non-hydrogen) atoms. The van der Waals surface area contributed by atoms with Crippen LogP contribution in [-0.4, -0.2) is 76.1 Å². The number of halogens is 1. The van der Waals surface area contributed by atoms with Gasteiger partial charge in [0, 0.05) is 25.7 Å². The minimum Gasteiger partial charge on any atom is -0.492 e. The third-order valence-electron chi connectivity index (χ3n) is 7.36. The van der Waals surface area contributed by atoms with Gasteiger partial charge in [0.1, 0.15) is 18.7 Å². The number of aromatic nitrogens is 3. The first-order chi connectivity index (χ1) is 17.8. The molecule has 0 radical (unpaired) electrons. The molecule has 2 aliphatic rings. The SMILES string of the molecule is Cl.O=c1n(-c2ccc(CN3CCC(N4CCCC4)CC3)cc2)cnn1CCNCCOc1ccccc1. The molecule has 8 nitrogen and oxygen atoms in total. The monoisotopic (exact) mass is 526 g/mol. The van der Waals surface area contributed by atoms with Crippen molar-refractivity contribution in [3.63, 3.8) is 0 Å². The summed E-state index contributed by atoms with van der Waals surface area (Å²) >= 11 is 0. The van der Waals surface area contributed by atoms with Crippen molar-refractivity contribution in [3.05, 3.63) is 77.0 Å². The fourth-order valence-electron chi connectivity index (χ4n) is 5.30. The molecule has 3 heterocycles. The number of piperidine rings is 1. The van der Waals surface area contributed by atoms with Gasteiger partial charge in [0.2, 0.25) is 0 Å². The van der Waals surface area contributed by atoms with Crippen molar-refractivity contribution in [2.75, 3.05) is 45.9 Å². The number of nitrogens with zero attached hydrogens (tertiary/aromatic N) is 5. The molecule has 9 heteroatoms. The Balaban J connectivity index is 0.00000320. The summed E-state index contributed by atoms with van der Waals surface area (Å²) in [6.07, 6.45) is 6.91. The molecular weight excluding hydrogens is 488 g/mol. The lowest BCUT2D eigenvalue weighted by Gasteiger charge is -2.36. The van der Waals surface area contributed by atoms with Gasteiger partial charge in [-0.15, -0.1) is 12.4 Å². The molecule has 2 aliphatic heterocycles. The summed E-state index contributed by atoms with van der Waals surface area (Å²) in [6, 6.07) is 18.9. The molecule has 0 unspecified atom stereocenters. The molecule has 0 spiro atoms. The zero-order chi connectivity index (χ0) is 24.6. The standard InChI is InChI=1S/C28H38N6O2.ClH/c35-28-33(23-30-34(28)20-14-29-15-21-36-27-6-2-1-3-7-27)26-10-8-24(9-11-26)22-31-18-12-25(13-19-31)32-16-4-5-17-32;/h1-3,6-11,23,25,29H,4-5,12-22H2;1H. The minimum absolute atomic E-state index is 0.